The molecule has 1 saturated heterocycles. The topological polar surface area (TPSA) is 70.8 Å². The fourth-order valence-corrected chi connectivity index (χ4v) is 5.67. The van der Waals surface area contributed by atoms with Crippen molar-refractivity contribution in [2.75, 3.05) is 24.5 Å². The Hall–Kier alpha value is -3.18. The lowest BCUT2D eigenvalue weighted by atomic mass is 9.77. The molecule has 5 nitrogen and oxygen atoms in total. The normalized spacial score (nSPS) is 22.6. The molecule has 1 aliphatic heterocycles. The van der Waals surface area contributed by atoms with Crippen LogP contribution in [0.1, 0.15) is 30.0 Å². The molecule has 1 aliphatic carbocycles. The van der Waals surface area contributed by atoms with Crippen LogP contribution in [0.2, 0.25) is 0 Å². The lowest BCUT2D eigenvalue weighted by Crippen LogP contribution is -2.36. The Morgan fingerprint density at radius 1 is 1.09 bits per heavy atom. The lowest BCUT2D eigenvalue weighted by Gasteiger charge is -2.28. The van der Waals surface area contributed by atoms with Gasteiger partial charge >= 0.3 is 0 Å². The number of benzene rings is 2. The van der Waals surface area contributed by atoms with Gasteiger partial charge in [-0.1, -0.05) is 31.2 Å². The van der Waals surface area contributed by atoms with Crippen LogP contribution < -0.4 is 10.6 Å². The summed E-state index contributed by atoms with van der Waals surface area (Å²) in [6.07, 6.45) is 6.81. The quantitative estimate of drug-likeness (QED) is 0.508. The number of nitrogens with two attached hydrogens (primary N) is 1. The molecule has 1 fully saturated rings. The molecule has 32 heavy (non-hydrogen) atoms. The van der Waals surface area contributed by atoms with Gasteiger partial charge in [0.05, 0.1) is 5.69 Å². The third kappa shape index (κ3) is 3.11. The maximum absolute atomic E-state index is 6.48. The summed E-state index contributed by atoms with van der Waals surface area (Å²) in [6, 6.07) is 17.9. The van der Waals surface area contributed by atoms with E-state index in [1.54, 1.807) is 6.33 Å². The summed E-state index contributed by atoms with van der Waals surface area (Å²) in [5.41, 5.74) is 14.9. The van der Waals surface area contributed by atoms with Gasteiger partial charge in [0.2, 0.25) is 0 Å². The van der Waals surface area contributed by atoms with Gasteiger partial charge in [0.25, 0.3) is 0 Å². The maximum Gasteiger partial charge on any atom is 0.141 e. The molecule has 1 unspecified atom stereocenters. The van der Waals surface area contributed by atoms with E-state index in [-0.39, 0.29) is 5.41 Å². The minimum atomic E-state index is -0.0699. The highest BCUT2D eigenvalue weighted by Gasteiger charge is 2.38. The largest absolute Gasteiger partial charge is 0.371 e. The molecule has 0 amide bonds. The van der Waals surface area contributed by atoms with Crippen LogP contribution in [0.15, 0.2) is 61.1 Å². The van der Waals surface area contributed by atoms with Crippen LogP contribution in [0.4, 0.5) is 5.69 Å². The molecule has 2 aromatic heterocycles. The molecular formula is C27H29N5. The Morgan fingerprint density at radius 2 is 2.00 bits per heavy atom. The third-order valence-corrected chi connectivity index (χ3v) is 7.53. The lowest BCUT2D eigenvalue weighted by molar-refractivity contribution is 0.464. The number of nitrogens with one attached hydrogen (secondary N) is 1. The van der Waals surface area contributed by atoms with Gasteiger partial charge in [-0.2, -0.15) is 0 Å². The van der Waals surface area contributed by atoms with Crippen molar-refractivity contribution in [3.8, 4) is 11.3 Å². The first-order valence-corrected chi connectivity index (χ1v) is 11.6. The standard InChI is InChI=1S/C27H29N5/c1-18-8-10-32(15-18)23-6-5-20-13-27(16-28,14-21(20)12-23)22-4-2-3-19(11-22)25-24-7-9-29-26(24)31-17-30-25/h2-7,9,11-12,17-18H,8,10,13-16,28H2,1H3,(H,29,30,31)/t18-,27?/m0/s1. The van der Waals surface area contributed by atoms with Crippen LogP contribution in [0.5, 0.6) is 0 Å². The van der Waals surface area contributed by atoms with E-state index in [1.165, 1.54) is 28.8 Å². The van der Waals surface area contributed by atoms with Crippen molar-refractivity contribution >= 4 is 16.7 Å². The number of H-pyrrole nitrogens is 1. The number of aromatic nitrogens is 3. The average molecular weight is 424 g/mol. The Bertz CT molecular complexity index is 1290. The molecule has 2 aliphatic rings. The summed E-state index contributed by atoms with van der Waals surface area (Å²) in [7, 11) is 0. The van der Waals surface area contributed by atoms with E-state index in [2.05, 4.69) is 69.2 Å². The number of aromatic amines is 1. The maximum atomic E-state index is 6.48. The molecule has 3 N–H and O–H groups in total. The summed E-state index contributed by atoms with van der Waals surface area (Å²) in [5, 5.41) is 1.05. The zero-order valence-electron chi connectivity index (χ0n) is 18.5. The van der Waals surface area contributed by atoms with Gasteiger partial charge in [0.15, 0.2) is 0 Å². The predicted octanol–water partition coefficient (Wildman–Crippen LogP) is 4.47. The van der Waals surface area contributed by atoms with Crippen molar-refractivity contribution in [1.82, 2.24) is 15.0 Å². The smallest absolute Gasteiger partial charge is 0.141 e. The minimum Gasteiger partial charge on any atom is -0.371 e. The molecule has 0 radical (unpaired) electrons. The number of rotatable bonds is 4. The second-order valence-electron chi connectivity index (χ2n) is 9.67. The second kappa shape index (κ2) is 7.45. The third-order valence-electron chi connectivity index (χ3n) is 7.53. The fraction of sp³-hybridized carbons (Fsp3) is 0.333. The van der Waals surface area contributed by atoms with E-state index in [0.29, 0.717) is 6.54 Å². The number of nitrogens with zero attached hydrogens (tertiary/aromatic N) is 3. The average Bonchev–Trinajstić information content (AvgIpc) is 3.56. The molecular weight excluding hydrogens is 394 g/mol. The summed E-state index contributed by atoms with van der Waals surface area (Å²) in [5.74, 6) is 0.780. The van der Waals surface area contributed by atoms with Gasteiger partial charge in [0, 0.05) is 47.9 Å². The highest BCUT2D eigenvalue weighted by molar-refractivity contribution is 5.90. The van der Waals surface area contributed by atoms with Crippen molar-refractivity contribution in [3.05, 3.63) is 77.7 Å². The van der Waals surface area contributed by atoms with Crippen molar-refractivity contribution in [1.29, 1.82) is 0 Å². The number of hydrogen-bond donors (Lipinski definition) is 2. The van der Waals surface area contributed by atoms with Crippen LogP contribution in [0.3, 0.4) is 0 Å². The SMILES string of the molecule is C[C@H]1CCN(c2ccc3c(c2)CC(CN)(c2cccc(-c4ncnc5[nH]ccc45)c2)C3)C1. The Labute approximate surface area is 188 Å². The summed E-state index contributed by atoms with van der Waals surface area (Å²) in [6.45, 7) is 5.30. The Balaban J connectivity index is 1.35. The molecule has 0 spiro atoms. The zero-order chi connectivity index (χ0) is 21.7. The molecule has 2 aromatic carbocycles. The molecule has 0 bridgehead atoms. The molecule has 6 rings (SSSR count). The molecule has 0 saturated carbocycles. The van der Waals surface area contributed by atoms with E-state index in [1.807, 2.05) is 12.3 Å². The van der Waals surface area contributed by atoms with Gasteiger partial charge in [-0.25, -0.2) is 9.97 Å². The first kappa shape index (κ1) is 19.5. The van der Waals surface area contributed by atoms with Crippen LogP contribution in [0, 0.1) is 5.92 Å². The van der Waals surface area contributed by atoms with Crippen molar-refractivity contribution < 1.29 is 0 Å². The summed E-state index contributed by atoms with van der Waals surface area (Å²) < 4.78 is 0. The van der Waals surface area contributed by atoms with Crippen LogP contribution in [-0.2, 0) is 18.3 Å². The predicted molar refractivity (Wildman–Crippen MR) is 130 cm³/mol. The van der Waals surface area contributed by atoms with Crippen molar-refractivity contribution in [2.24, 2.45) is 11.7 Å². The molecule has 5 heteroatoms. The summed E-state index contributed by atoms with van der Waals surface area (Å²) in [4.78, 5) is 14.7. The highest BCUT2D eigenvalue weighted by Crippen LogP contribution is 2.42. The first-order valence-electron chi connectivity index (χ1n) is 11.6. The molecule has 162 valence electrons. The van der Waals surface area contributed by atoms with Crippen LogP contribution >= 0.6 is 0 Å². The van der Waals surface area contributed by atoms with Gasteiger partial charge in [-0.15, -0.1) is 0 Å². The van der Waals surface area contributed by atoms with E-state index in [4.69, 9.17) is 5.73 Å². The second-order valence-corrected chi connectivity index (χ2v) is 9.67. The van der Waals surface area contributed by atoms with Gasteiger partial charge in [-0.05, 0) is 66.1 Å². The van der Waals surface area contributed by atoms with E-state index >= 15 is 0 Å². The van der Waals surface area contributed by atoms with Crippen LogP contribution in [-0.4, -0.2) is 34.6 Å². The van der Waals surface area contributed by atoms with E-state index in [9.17, 15) is 0 Å². The van der Waals surface area contributed by atoms with Gasteiger partial charge < -0.3 is 15.6 Å². The summed E-state index contributed by atoms with van der Waals surface area (Å²) >= 11 is 0. The highest BCUT2D eigenvalue weighted by atomic mass is 15.1. The molecule has 3 heterocycles. The number of anilines is 1. The Morgan fingerprint density at radius 3 is 2.84 bits per heavy atom. The van der Waals surface area contributed by atoms with Gasteiger partial charge in [0.1, 0.15) is 12.0 Å². The number of fused-ring (bicyclic) bond motifs is 2. The number of hydrogen-bond acceptors (Lipinski definition) is 4. The van der Waals surface area contributed by atoms with Crippen LogP contribution in [0.25, 0.3) is 22.3 Å². The zero-order valence-corrected chi connectivity index (χ0v) is 18.5. The monoisotopic (exact) mass is 423 g/mol. The first-order chi connectivity index (χ1) is 15.6. The van der Waals surface area contributed by atoms with Gasteiger partial charge in [-0.3, -0.25) is 0 Å². The fourth-order valence-electron chi connectivity index (χ4n) is 5.67. The minimum absolute atomic E-state index is 0.0699. The van der Waals surface area contributed by atoms with E-state index in [0.717, 1.165) is 54.1 Å². The van der Waals surface area contributed by atoms with E-state index < -0.39 is 0 Å². The molecule has 2 atom stereocenters. The molecule has 4 aromatic rings. The van der Waals surface area contributed by atoms with Crippen molar-refractivity contribution in [2.45, 2.75) is 31.6 Å². The van der Waals surface area contributed by atoms with Crippen molar-refractivity contribution in [3.63, 3.8) is 0 Å². The Kier molecular flexibility index (Phi) is 4.54.